The number of ether oxygens (including phenoxy) is 6. The Balaban J connectivity index is 0.997. The molecule has 0 spiro atoms. The molecule has 66 heavy (non-hydrogen) atoms. The van der Waals surface area contributed by atoms with Gasteiger partial charge in [-0.05, 0) is 112 Å². The highest BCUT2D eigenvalue weighted by Gasteiger charge is 2.67. The van der Waals surface area contributed by atoms with Gasteiger partial charge in [0.05, 0.1) is 37.6 Å². The lowest BCUT2D eigenvalue weighted by Crippen LogP contribution is -2.62. The molecule has 24 atom stereocenters. The van der Waals surface area contributed by atoms with Crippen molar-refractivity contribution in [3.05, 3.63) is 11.6 Å². The van der Waals surface area contributed by atoms with Crippen LogP contribution in [0.25, 0.3) is 0 Å². The van der Waals surface area contributed by atoms with Gasteiger partial charge in [-0.3, -0.25) is 0 Å². The molecule has 12 N–H and O–H groups in total. The zero-order valence-electron chi connectivity index (χ0n) is 40.0. The first-order valence-corrected chi connectivity index (χ1v) is 24.4. The van der Waals surface area contributed by atoms with Gasteiger partial charge in [0, 0.05) is 5.41 Å². The maximum atomic E-state index is 11.4. The number of fused-ring (bicyclic) bond motifs is 5. The van der Waals surface area contributed by atoms with Crippen LogP contribution in [0.4, 0.5) is 0 Å². The van der Waals surface area contributed by atoms with Gasteiger partial charge < -0.3 is 89.7 Å². The molecule has 18 heteroatoms. The van der Waals surface area contributed by atoms with Gasteiger partial charge in [0.25, 0.3) is 0 Å². The first-order chi connectivity index (χ1) is 30.8. The lowest BCUT2D eigenvalue weighted by atomic mass is 9.39. The first kappa shape index (κ1) is 52.8. The van der Waals surface area contributed by atoms with Crippen LogP contribution < -0.4 is 0 Å². The highest BCUT2D eigenvalue weighted by molar-refractivity contribution is 5.30. The summed E-state index contributed by atoms with van der Waals surface area (Å²) < 4.78 is 35.4. The molecule has 0 aromatic carbocycles. The van der Waals surface area contributed by atoms with Crippen LogP contribution in [-0.2, 0) is 28.4 Å². The van der Waals surface area contributed by atoms with Gasteiger partial charge in [-0.15, -0.1) is 0 Å². The van der Waals surface area contributed by atoms with Gasteiger partial charge in [0.1, 0.15) is 73.2 Å². The molecule has 6 fully saturated rings. The third-order valence-corrected chi connectivity index (χ3v) is 18.6. The van der Waals surface area contributed by atoms with E-state index >= 15 is 0 Å². The Kier molecular flexibility index (Phi) is 15.7. The largest absolute Gasteiger partial charge is 0.394 e. The Morgan fingerprint density at radius 2 is 1.20 bits per heavy atom. The van der Waals surface area contributed by atoms with Crippen LogP contribution in [-0.4, -0.2) is 191 Å². The zero-order chi connectivity index (χ0) is 48.6. The minimum absolute atomic E-state index is 0.0308. The summed E-state index contributed by atoms with van der Waals surface area (Å²) in [5.74, 6) is 1.39. The van der Waals surface area contributed by atoms with E-state index in [0.29, 0.717) is 30.6 Å². The Morgan fingerprint density at radius 1 is 0.652 bits per heavy atom. The molecule has 0 bridgehead atoms. The topological polar surface area (TPSA) is 298 Å². The van der Waals surface area contributed by atoms with E-state index < -0.39 is 129 Å². The van der Waals surface area contributed by atoms with Crippen LogP contribution in [0.3, 0.4) is 0 Å². The summed E-state index contributed by atoms with van der Waals surface area (Å²) in [5, 5.41) is 126. The van der Waals surface area contributed by atoms with Crippen LogP contribution in [0.2, 0.25) is 0 Å². The van der Waals surface area contributed by atoms with Crippen molar-refractivity contribution >= 4 is 0 Å². The molecule has 4 aliphatic carbocycles. The Bertz CT molecular complexity index is 1670. The Hall–Kier alpha value is -0.980. The fourth-order valence-corrected chi connectivity index (χ4v) is 14.1. The summed E-state index contributed by atoms with van der Waals surface area (Å²) in [7, 11) is 0. The molecule has 3 aliphatic heterocycles. The molecule has 3 heterocycles. The van der Waals surface area contributed by atoms with Gasteiger partial charge in [-0.2, -0.15) is 0 Å². The van der Waals surface area contributed by atoms with Crippen LogP contribution in [0.1, 0.15) is 113 Å². The van der Waals surface area contributed by atoms with Gasteiger partial charge in [0.2, 0.25) is 0 Å². The van der Waals surface area contributed by atoms with Gasteiger partial charge in [-0.1, -0.05) is 53.2 Å². The molecule has 3 saturated heterocycles. The maximum Gasteiger partial charge on any atom is 0.187 e. The second-order valence-corrected chi connectivity index (χ2v) is 23.0. The summed E-state index contributed by atoms with van der Waals surface area (Å²) in [6, 6.07) is 0. The lowest BCUT2D eigenvalue weighted by molar-refractivity contribution is -0.341. The number of hydrogen-bond acceptors (Lipinski definition) is 18. The minimum Gasteiger partial charge on any atom is -0.394 e. The van der Waals surface area contributed by atoms with Crippen molar-refractivity contribution in [2.45, 2.75) is 223 Å². The lowest BCUT2D eigenvalue weighted by Gasteiger charge is -2.66. The Morgan fingerprint density at radius 3 is 1.79 bits per heavy atom. The summed E-state index contributed by atoms with van der Waals surface area (Å²) in [5.41, 5.74) is -0.322. The monoisotopic (exact) mass is 947 g/mol. The van der Waals surface area contributed by atoms with E-state index in [4.69, 9.17) is 28.4 Å². The third-order valence-electron chi connectivity index (χ3n) is 18.6. The SMILES string of the molecule is C[C@H](CC[C@@H](O[C@@H]1O[C@H](CO[C@@H]2O[C@H](CO)[C@@H](O)[C@H](O)[C@H]2O)[C@@H](O)[C@H](O)[C@H]1O)C(C)(C)O)[C@H]1CC[C@@]2(C)[C@@H]3CC=C4C(CC[C@H](O[C@@H]5O[C@H](CO)[C@@H](O)[C@H](O)[C@H]5O)C4(C)C)[C@]3(C)CC[C@]12C. The molecule has 0 radical (unpaired) electrons. The standard InChI is InChI=1S/C48H82O18/c1-22(9-13-31(45(4,5)60)66-43-40(59)37(56)34(53)28(64-43)21-61-41-38(57)35(54)32(51)26(19-49)62-41)23-15-16-48(8)29-12-10-24-25(46(29,6)17-18-47(23,48)7)11-14-30(44(24,2)3)65-42-39(58)36(55)33(52)27(20-50)63-42/h10,22-23,25-43,49-60H,9,11-21H2,1-8H3/t22-,23-,25?,26-,27-,28-,29-,30+,31-,32-,33-,34-,35+,36+,37+,38-,39-,40-,41-,42+,43+,46+,47-,48+/m1/s1. The fourth-order valence-electron chi connectivity index (χ4n) is 14.1. The highest BCUT2D eigenvalue weighted by Crippen LogP contribution is 2.75. The van der Waals surface area contributed by atoms with E-state index in [-0.39, 0.29) is 28.3 Å². The maximum absolute atomic E-state index is 11.4. The molecule has 0 aromatic heterocycles. The van der Waals surface area contributed by atoms with Crippen molar-refractivity contribution in [1.82, 2.24) is 0 Å². The average Bonchev–Trinajstić information content (AvgIpc) is 3.55. The molecular formula is C48H82O18. The van der Waals surface area contributed by atoms with E-state index in [1.54, 1.807) is 13.8 Å². The van der Waals surface area contributed by atoms with Crippen LogP contribution in [0.5, 0.6) is 0 Å². The number of hydrogen-bond donors (Lipinski definition) is 12. The van der Waals surface area contributed by atoms with Crippen LogP contribution >= 0.6 is 0 Å². The minimum atomic E-state index is -1.72. The fraction of sp³-hybridized carbons (Fsp3) is 0.958. The van der Waals surface area contributed by atoms with Crippen molar-refractivity contribution in [3.63, 3.8) is 0 Å². The molecule has 7 rings (SSSR count). The van der Waals surface area contributed by atoms with Crippen LogP contribution in [0, 0.1) is 45.3 Å². The Labute approximate surface area is 388 Å². The number of aliphatic hydroxyl groups is 12. The summed E-state index contributed by atoms with van der Waals surface area (Å²) >= 11 is 0. The van der Waals surface area contributed by atoms with Crippen molar-refractivity contribution in [2.24, 2.45) is 45.3 Å². The van der Waals surface area contributed by atoms with E-state index in [9.17, 15) is 61.3 Å². The number of aliphatic hydroxyl groups excluding tert-OH is 11. The van der Waals surface area contributed by atoms with Crippen LogP contribution in [0.15, 0.2) is 11.6 Å². The van der Waals surface area contributed by atoms with Gasteiger partial charge >= 0.3 is 0 Å². The average molecular weight is 947 g/mol. The second-order valence-electron chi connectivity index (χ2n) is 23.0. The summed E-state index contributed by atoms with van der Waals surface area (Å²) in [6.07, 6.45) is -13.0. The third kappa shape index (κ3) is 9.12. The predicted octanol–water partition coefficient (Wildman–Crippen LogP) is -0.0268. The quantitative estimate of drug-likeness (QED) is 0.102. The van der Waals surface area contributed by atoms with Gasteiger partial charge in [-0.25, -0.2) is 0 Å². The molecule has 0 aromatic rings. The van der Waals surface area contributed by atoms with E-state index in [1.807, 2.05) is 0 Å². The smallest absolute Gasteiger partial charge is 0.187 e. The first-order valence-electron chi connectivity index (χ1n) is 24.4. The molecule has 382 valence electrons. The molecule has 3 saturated carbocycles. The zero-order valence-corrected chi connectivity index (χ0v) is 40.0. The van der Waals surface area contributed by atoms with Crippen molar-refractivity contribution in [1.29, 1.82) is 0 Å². The normalized spacial score (nSPS) is 50.4. The predicted molar refractivity (Wildman–Crippen MR) is 234 cm³/mol. The summed E-state index contributed by atoms with van der Waals surface area (Å²) in [6.45, 7) is 15.7. The van der Waals surface area contributed by atoms with Crippen molar-refractivity contribution in [3.8, 4) is 0 Å². The molecule has 18 nitrogen and oxygen atoms in total. The van der Waals surface area contributed by atoms with E-state index in [1.165, 1.54) is 5.57 Å². The van der Waals surface area contributed by atoms with Gasteiger partial charge in [0.15, 0.2) is 18.9 Å². The van der Waals surface area contributed by atoms with Crippen molar-refractivity contribution in [2.75, 3.05) is 19.8 Å². The molecule has 0 amide bonds. The number of rotatable bonds is 14. The van der Waals surface area contributed by atoms with Crippen molar-refractivity contribution < 1.29 is 89.7 Å². The molecular weight excluding hydrogens is 865 g/mol. The molecule has 7 aliphatic rings. The second kappa shape index (κ2) is 19.6. The van der Waals surface area contributed by atoms with E-state index in [2.05, 4.69) is 47.6 Å². The van der Waals surface area contributed by atoms with E-state index in [0.717, 1.165) is 44.9 Å². The summed E-state index contributed by atoms with van der Waals surface area (Å²) in [4.78, 5) is 0. The highest BCUT2D eigenvalue weighted by atomic mass is 16.7. The molecule has 1 unspecified atom stereocenters. The number of allylic oxidation sites excluding steroid dienone is 1.